The summed E-state index contributed by atoms with van der Waals surface area (Å²) in [6.07, 6.45) is 9.62. The van der Waals surface area contributed by atoms with Crippen LogP contribution in [0.1, 0.15) is 95.4 Å². The molecule has 2 N–H and O–H groups in total. The smallest absolute Gasteiger partial charge is 0.331 e. The first kappa shape index (κ1) is 37.0. The van der Waals surface area contributed by atoms with Crippen LogP contribution in [0.25, 0.3) is 0 Å². The third kappa shape index (κ3) is 12.4. The summed E-state index contributed by atoms with van der Waals surface area (Å²) in [4.78, 5) is 12.4. The van der Waals surface area contributed by atoms with Crippen LogP contribution >= 0.6 is 0 Å². The van der Waals surface area contributed by atoms with Gasteiger partial charge >= 0.3 is 5.97 Å². The van der Waals surface area contributed by atoms with E-state index < -0.39 is 36.7 Å². The Morgan fingerprint density at radius 1 is 1.02 bits per heavy atom. The number of carbonyl (C=O) groups is 1. The minimum atomic E-state index is -1.32. The van der Waals surface area contributed by atoms with E-state index in [9.17, 15) is 15.0 Å². The molecule has 0 saturated carbocycles. The number of aliphatic hydroxyl groups is 2. The molecule has 0 aromatic carbocycles. The van der Waals surface area contributed by atoms with Crippen LogP contribution in [0.4, 0.5) is 0 Å². The molecule has 0 spiro atoms. The summed E-state index contributed by atoms with van der Waals surface area (Å²) in [5.74, 6) is -0.563. The van der Waals surface area contributed by atoms with Crippen LogP contribution in [0.5, 0.6) is 0 Å². The quantitative estimate of drug-likeness (QED) is 0.160. The summed E-state index contributed by atoms with van der Waals surface area (Å²) in [5, 5.41) is 21.3. The Balaban J connectivity index is 0.00000411. The molecular weight excluding hydrogens is 520 g/mol. The second kappa shape index (κ2) is 17.8. The van der Waals surface area contributed by atoms with Crippen LogP contribution in [0.3, 0.4) is 0 Å². The number of ether oxygens (including phenoxy) is 4. The van der Waals surface area contributed by atoms with Gasteiger partial charge in [0, 0.05) is 6.08 Å². The molecule has 0 bridgehead atoms. The average molecular weight is 577 g/mol. The summed E-state index contributed by atoms with van der Waals surface area (Å²) in [6.45, 7) is 21.8. The lowest BCUT2D eigenvalue weighted by Gasteiger charge is -2.43. The zero-order valence-corrected chi connectivity index (χ0v) is 27.3. The van der Waals surface area contributed by atoms with Crippen molar-refractivity contribution in [2.75, 3.05) is 6.61 Å². The van der Waals surface area contributed by atoms with E-state index >= 15 is 0 Å². The number of aliphatic hydroxyl groups excluding tert-OH is 2. The molecule has 0 aromatic heterocycles. The maximum atomic E-state index is 12.4. The Bertz CT molecular complexity index is 968. The molecule has 1 aliphatic carbocycles. The Morgan fingerprint density at radius 2 is 1.63 bits per heavy atom. The lowest BCUT2D eigenvalue weighted by atomic mass is 9.72. The molecule has 1 heterocycles. The van der Waals surface area contributed by atoms with Crippen LogP contribution in [-0.2, 0) is 23.7 Å². The normalized spacial score (nSPS) is 27.5. The molecule has 234 valence electrons. The maximum absolute atomic E-state index is 12.4. The molecular formula is C34H56O7. The van der Waals surface area contributed by atoms with Gasteiger partial charge in [-0.05, 0) is 84.3 Å². The predicted octanol–water partition coefficient (Wildman–Crippen LogP) is 6.75. The topological polar surface area (TPSA) is 94.5 Å². The van der Waals surface area contributed by atoms with E-state index in [0.717, 1.165) is 17.6 Å². The van der Waals surface area contributed by atoms with E-state index in [1.54, 1.807) is 0 Å². The Kier molecular flexibility index (Phi) is 16.1. The zero-order valence-electron chi connectivity index (χ0n) is 27.3. The molecule has 2 rings (SSSR count). The van der Waals surface area contributed by atoms with E-state index in [-0.39, 0.29) is 24.2 Å². The average Bonchev–Trinajstić information content (AvgIpc) is 2.87. The van der Waals surface area contributed by atoms with Crippen molar-refractivity contribution in [2.45, 2.75) is 138 Å². The lowest BCUT2D eigenvalue weighted by Crippen LogP contribution is -2.61. The van der Waals surface area contributed by atoms with Crippen LogP contribution in [0, 0.1) is 5.41 Å². The lowest BCUT2D eigenvalue weighted by molar-refractivity contribution is -0.313. The third-order valence-corrected chi connectivity index (χ3v) is 7.00. The molecule has 0 radical (unpaired) electrons. The minimum absolute atomic E-state index is 0.200. The van der Waals surface area contributed by atoms with Crippen molar-refractivity contribution >= 4 is 5.97 Å². The first-order chi connectivity index (χ1) is 19.2. The molecule has 7 heteroatoms. The van der Waals surface area contributed by atoms with Crippen LogP contribution in [0.2, 0.25) is 0 Å². The van der Waals surface area contributed by atoms with Gasteiger partial charge in [-0.1, -0.05) is 69.2 Å². The molecule has 1 fully saturated rings. The van der Waals surface area contributed by atoms with E-state index in [4.69, 9.17) is 18.9 Å². The van der Waals surface area contributed by atoms with Gasteiger partial charge in [0.2, 0.25) is 0 Å². The van der Waals surface area contributed by atoms with E-state index in [2.05, 4.69) is 39.8 Å². The molecule has 1 aliphatic heterocycles. The van der Waals surface area contributed by atoms with E-state index in [0.29, 0.717) is 0 Å². The standard InChI is InChI=1S/C32H50O7.C2H6/c1-20(2)37-29-28(34)26(39-31(35)30(29)38-21(3)4)19-36-27(33)18-23(6)13-10-12-22(5)15-16-25-24(7)14-11-17-32(25,8)9;1-2/h10,12-13,15-16,18,20-21,26,28-31,34-35H,11,14,17,19H2,1-9H3;1-2H3/b13-10+,16-15+,22-12+,23-18+;. The highest BCUT2D eigenvalue weighted by Gasteiger charge is 2.47. The molecule has 2 aliphatic rings. The van der Waals surface area contributed by atoms with E-state index in [1.807, 2.05) is 66.7 Å². The number of hydrogen-bond acceptors (Lipinski definition) is 7. The number of esters is 1. The number of allylic oxidation sites excluding steroid dienone is 9. The number of carbonyl (C=O) groups excluding carboxylic acids is 1. The largest absolute Gasteiger partial charge is 0.460 e. The third-order valence-electron chi connectivity index (χ3n) is 7.00. The molecule has 7 nitrogen and oxygen atoms in total. The monoisotopic (exact) mass is 576 g/mol. The maximum Gasteiger partial charge on any atom is 0.331 e. The van der Waals surface area contributed by atoms with Gasteiger partial charge in [0.25, 0.3) is 0 Å². The Hall–Kier alpha value is -2.03. The molecule has 0 amide bonds. The fourth-order valence-electron chi connectivity index (χ4n) is 5.05. The number of hydrogen-bond donors (Lipinski definition) is 2. The fourth-order valence-corrected chi connectivity index (χ4v) is 5.05. The highest BCUT2D eigenvalue weighted by atomic mass is 16.7. The first-order valence-corrected chi connectivity index (χ1v) is 15.1. The SMILES string of the molecule is CC.CC1=C(/C=C/C(C)=C/C=C/C(C)=C/C(=O)OCC2OC(O)C(OC(C)C)C(OC(C)C)C2O)C(C)(C)CCC1. The van der Waals surface area contributed by atoms with Gasteiger partial charge in [-0.3, -0.25) is 0 Å². The summed E-state index contributed by atoms with van der Waals surface area (Å²) < 4.78 is 22.4. The van der Waals surface area contributed by atoms with Gasteiger partial charge in [0.05, 0.1) is 12.2 Å². The van der Waals surface area contributed by atoms with Gasteiger partial charge in [-0.2, -0.15) is 0 Å². The highest BCUT2D eigenvalue weighted by molar-refractivity contribution is 5.83. The second-order valence-corrected chi connectivity index (χ2v) is 11.9. The second-order valence-electron chi connectivity index (χ2n) is 11.9. The van der Waals surface area contributed by atoms with Gasteiger partial charge < -0.3 is 29.2 Å². The molecule has 0 aromatic rings. The van der Waals surface area contributed by atoms with Crippen LogP contribution in [0.15, 0.2) is 58.7 Å². The van der Waals surface area contributed by atoms with Crippen molar-refractivity contribution in [1.82, 2.24) is 0 Å². The van der Waals surface area contributed by atoms with Crippen LogP contribution < -0.4 is 0 Å². The van der Waals surface area contributed by atoms with Gasteiger partial charge in [0.15, 0.2) is 6.29 Å². The van der Waals surface area contributed by atoms with Gasteiger partial charge in [-0.15, -0.1) is 0 Å². The van der Waals surface area contributed by atoms with Crippen molar-refractivity contribution in [1.29, 1.82) is 0 Å². The fraction of sp³-hybridized carbons (Fsp3) is 0.676. The van der Waals surface area contributed by atoms with Gasteiger partial charge in [0.1, 0.15) is 31.0 Å². The van der Waals surface area contributed by atoms with Gasteiger partial charge in [-0.25, -0.2) is 4.79 Å². The molecule has 5 unspecified atom stereocenters. The summed E-state index contributed by atoms with van der Waals surface area (Å²) in [6, 6.07) is 0. The van der Waals surface area contributed by atoms with E-state index in [1.165, 1.54) is 30.1 Å². The van der Waals surface area contributed by atoms with Crippen molar-refractivity contribution in [3.8, 4) is 0 Å². The minimum Gasteiger partial charge on any atom is -0.460 e. The van der Waals surface area contributed by atoms with Crippen molar-refractivity contribution in [2.24, 2.45) is 5.41 Å². The molecule has 41 heavy (non-hydrogen) atoms. The predicted molar refractivity (Wildman–Crippen MR) is 165 cm³/mol. The summed E-state index contributed by atoms with van der Waals surface area (Å²) in [5.41, 5.74) is 4.93. The van der Waals surface area contributed by atoms with Crippen molar-refractivity contribution < 1.29 is 34.0 Å². The zero-order chi connectivity index (χ0) is 31.3. The molecule has 5 atom stereocenters. The number of rotatable bonds is 11. The van der Waals surface area contributed by atoms with Crippen molar-refractivity contribution in [3.63, 3.8) is 0 Å². The van der Waals surface area contributed by atoms with Crippen molar-refractivity contribution in [3.05, 3.63) is 58.7 Å². The molecule has 1 saturated heterocycles. The van der Waals surface area contributed by atoms with Crippen LogP contribution in [-0.4, -0.2) is 65.7 Å². The first-order valence-electron chi connectivity index (χ1n) is 15.1. The summed E-state index contributed by atoms with van der Waals surface area (Å²) >= 11 is 0. The Morgan fingerprint density at radius 3 is 2.22 bits per heavy atom. The Labute approximate surface area is 249 Å². The highest BCUT2D eigenvalue weighted by Crippen LogP contribution is 2.40. The summed E-state index contributed by atoms with van der Waals surface area (Å²) in [7, 11) is 0.